The Morgan fingerprint density at radius 3 is 2.62 bits per heavy atom. The van der Waals surface area contributed by atoms with Gasteiger partial charge in [-0.1, -0.05) is 36.6 Å². The van der Waals surface area contributed by atoms with Crippen LogP contribution in [0.1, 0.15) is 83.5 Å². The molecule has 1 N–H and O–H groups in total. The second-order valence-electron chi connectivity index (χ2n) is 15.8. The smallest absolute Gasteiger partial charge is 0.265 e. The fraction of sp³-hybridized carbons (Fsp3) is 0.615. The highest BCUT2D eigenvalue weighted by atomic mass is 35.5. The summed E-state index contributed by atoms with van der Waals surface area (Å²) in [6.45, 7) is -0.560. The predicted octanol–water partition coefficient (Wildman–Crippen LogP) is 5.60. The zero-order valence-corrected chi connectivity index (χ0v) is 32.4. The first-order valence-corrected chi connectivity index (χ1v) is 21.1. The van der Waals surface area contributed by atoms with Gasteiger partial charge >= 0.3 is 0 Å². The van der Waals surface area contributed by atoms with Gasteiger partial charge < -0.3 is 19.3 Å². The molecule has 2 saturated carbocycles. The van der Waals surface area contributed by atoms with Crippen molar-refractivity contribution in [2.45, 2.75) is 107 Å². The van der Waals surface area contributed by atoms with Crippen molar-refractivity contribution in [1.29, 1.82) is 0 Å². The molecule has 55 heavy (non-hydrogen) atoms. The monoisotopic (exact) mass is 804 g/mol. The van der Waals surface area contributed by atoms with Crippen molar-refractivity contribution in [3.05, 3.63) is 41.6 Å². The number of pyridine rings is 1. The number of benzene rings is 1. The molecule has 3 amide bonds. The van der Waals surface area contributed by atoms with Crippen molar-refractivity contribution in [1.82, 2.24) is 19.5 Å². The van der Waals surface area contributed by atoms with Crippen molar-refractivity contribution in [3.63, 3.8) is 0 Å². The summed E-state index contributed by atoms with van der Waals surface area (Å²) in [7, 11) is -2.39. The van der Waals surface area contributed by atoms with Gasteiger partial charge in [-0.15, -0.1) is 0 Å². The molecule has 0 bridgehead atoms. The lowest BCUT2D eigenvalue weighted by Crippen LogP contribution is -2.49. The number of ketones is 1. The molecule has 0 spiro atoms. The van der Waals surface area contributed by atoms with E-state index in [1.165, 1.54) is 18.2 Å². The number of carbonyl (C=O) groups is 4. The molecule has 4 fully saturated rings. The maximum Gasteiger partial charge on any atom is 0.265 e. The van der Waals surface area contributed by atoms with Gasteiger partial charge in [0, 0.05) is 55.1 Å². The Labute approximate surface area is 324 Å². The number of piperidine rings is 1. The molecule has 1 aromatic heterocycles. The molecular weight excluding hydrogens is 758 g/mol. The third-order valence-electron chi connectivity index (χ3n) is 11.8. The largest absolute Gasteiger partial charge is 0.495 e. The number of sulfonamides is 1. The molecule has 0 radical (unpaired) electrons. The van der Waals surface area contributed by atoms with Gasteiger partial charge in [-0.25, -0.2) is 22.2 Å². The average Bonchev–Trinajstić information content (AvgIpc) is 4.07. The topological polar surface area (TPSA) is 152 Å². The van der Waals surface area contributed by atoms with Crippen LogP contribution in [0.15, 0.2) is 36.5 Å². The van der Waals surface area contributed by atoms with Crippen LogP contribution >= 0.6 is 11.6 Å². The number of nitrogens with zero attached hydrogens (tertiary/aromatic N) is 3. The zero-order valence-electron chi connectivity index (χ0n) is 30.8. The molecule has 3 aliphatic heterocycles. The maximum absolute atomic E-state index is 14.6. The number of Topliss-reactive ketones (excluding diaryl/α,β-unsaturated/α-hetero) is 1. The van der Waals surface area contributed by atoms with E-state index in [0.717, 1.165) is 17.7 Å². The van der Waals surface area contributed by atoms with E-state index in [1.807, 2.05) is 12.2 Å². The number of fused-ring (bicyclic) bond motifs is 3. The number of hydrogen-bond donors (Lipinski definition) is 1. The molecule has 4 heterocycles. The standard InChI is InChI=1S/C39H47ClF2N4O8S/c1-53-32-13-12-29-28(34(32)40)14-16-43-35(29)54-26-19-30-31(47)21-38(37(50)44-55(51,52)27-10-11-27)20-25(38)9-6-4-2-3-5-8-24(36(49)46(30)22-26)18-33(48)45-17-7-15-39(41,42)23-45/h6,9,12-14,16,24-27,30H,2-5,7-8,10-11,15,17-23H2,1H3,(H,44,50)/b9-6-/t24-,25-,26-,30+,38-/m1/s1. The van der Waals surface area contributed by atoms with E-state index < -0.39 is 74.7 Å². The van der Waals surface area contributed by atoms with E-state index in [-0.39, 0.29) is 63.4 Å². The fourth-order valence-electron chi connectivity index (χ4n) is 8.42. The quantitative estimate of drug-likeness (QED) is 0.336. The fourth-order valence-corrected chi connectivity index (χ4v) is 10.1. The van der Waals surface area contributed by atoms with Crippen LogP contribution in [0, 0.1) is 17.3 Å². The minimum atomic E-state index is -3.89. The highest BCUT2D eigenvalue weighted by Crippen LogP contribution is 2.57. The summed E-state index contributed by atoms with van der Waals surface area (Å²) < 4.78 is 68.4. The van der Waals surface area contributed by atoms with Gasteiger partial charge in [0.15, 0.2) is 5.78 Å². The second kappa shape index (κ2) is 15.6. The van der Waals surface area contributed by atoms with Crippen LogP contribution < -0.4 is 14.2 Å². The minimum Gasteiger partial charge on any atom is -0.495 e. The highest BCUT2D eigenvalue weighted by Gasteiger charge is 2.61. The molecule has 1 aromatic carbocycles. The Bertz CT molecular complexity index is 1990. The number of allylic oxidation sites excluding steroid dienone is 2. The number of amides is 3. The number of rotatable bonds is 8. The molecular formula is C39H47ClF2N4O8S. The van der Waals surface area contributed by atoms with Gasteiger partial charge in [0.05, 0.1) is 41.9 Å². The number of halogens is 3. The van der Waals surface area contributed by atoms with Gasteiger partial charge in [0.25, 0.3) is 5.92 Å². The number of likely N-dealkylation sites (tertiary alicyclic amines) is 1. The molecule has 5 atom stereocenters. The summed E-state index contributed by atoms with van der Waals surface area (Å²) in [5.74, 6) is -5.70. The van der Waals surface area contributed by atoms with Crippen LogP contribution in [0.3, 0.4) is 0 Å². The maximum atomic E-state index is 14.6. The second-order valence-corrected chi connectivity index (χ2v) is 18.1. The first-order valence-electron chi connectivity index (χ1n) is 19.2. The highest BCUT2D eigenvalue weighted by molar-refractivity contribution is 7.90. The van der Waals surface area contributed by atoms with E-state index >= 15 is 0 Å². The Morgan fingerprint density at radius 1 is 1.07 bits per heavy atom. The predicted molar refractivity (Wildman–Crippen MR) is 199 cm³/mol. The van der Waals surface area contributed by atoms with Crippen LogP contribution in [-0.2, 0) is 29.2 Å². The number of carbonyl (C=O) groups excluding carboxylic acids is 4. The zero-order chi connectivity index (χ0) is 39.1. The summed E-state index contributed by atoms with van der Waals surface area (Å²) in [6, 6.07) is 4.08. The van der Waals surface area contributed by atoms with Crippen LogP contribution in [0.2, 0.25) is 5.02 Å². The molecule has 0 unspecified atom stereocenters. The number of alkyl halides is 2. The third kappa shape index (κ3) is 8.47. The normalized spacial score (nSPS) is 29.4. The number of hydrogen-bond acceptors (Lipinski definition) is 9. The van der Waals surface area contributed by atoms with Gasteiger partial charge in [-0.2, -0.15) is 0 Å². The van der Waals surface area contributed by atoms with Crippen molar-refractivity contribution in [2.75, 3.05) is 26.7 Å². The lowest BCUT2D eigenvalue weighted by atomic mass is 9.90. The Morgan fingerprint density at radius 2 is 1.87 bits per heavy atom. The van der Waals surface area contributed by atoms with Crippen molar-refractivity contribution in [3.8, 4) is 11.6 Å². The molecule has 2 saturated heterocycles. The SMILES string of the molecule is COc1ccc2c(O[C@@H]3C[C@H]4C(=O)C[C@]5(C(=O)NS(=O)(=O)C6CC6)C[C@H]5/C=C\CCCCC[C@H](CC(=O)N5CCCC(F)(F)C5)C(=O)N4C3)nccc2c1Cl. The molecule has 5 aliphatic rings. The van der Waals surface area contributed by atoms with Crippen molar-refractivity contribution in [2.24, 2.45) is 17.3 Å². The lowest BCUT2D eigenvalue weighted by molar-refractivity contribution is -0.148. The Hall–Kier alpha value is -3.85. The first kappa shape index (κ1) is 39.4. The van der Waals surface area contributed by atoms with Crippen LogP contribution in [-0.4, -0.2) is 96.8 Å². The molecule has 7 rings (SSSR count). The summed E-state index contributed by atoms with van der Waals surface area (Å²) >= 11 is 6.59. The van der Waals surface area contributed by atoms with Crippen molar-refractivity contribution < 1.29 is 45.9 Å². The molecule has 12 nitrogen and oxygen atoms in total. The average molecular weight is 805 g/mol. The van der Waals surface area contributed by atoms with Gasteiger partial charge in [-0.3, -0.25) is 23.9 Å². The van der Waals surface area contributed by atoms with E-state index in [9.17, 15) is 36.4 Å². The number of aromatic nitrogens is 1. The summed E-state index contributed by atoms with van der Waals surface area (Å²) in [5.41, 5.74) is -1.30. The first-order chi connectivity index (χ1) is 26.2. The van der Waals surface area contributed by atoms with Crippen molar-refractivity contribution >= 4 is 55.9 Å². The number of ether oxygens (including phenoxy) is 2. The van der Waals surface area contributed by atoms with Gasteiger partial charge in [-0.05, 0) is 69.1 Å². The molecule has 2 aromatic rings. The number of nitrogens with one attached hydrogen (secondary N) is 1. The molecule has 298 valence electrons. The van der Waals surface area contributed by atoms with Crippen LogP contribution in [0.4, 0.5) is 8.78 Å². The Kier molecular flexibility index (Phi) is 11.2. The summed E-state index contributed by atoms with van der Waals surface area (Å²) in [4.78, 5) is 63.4. The summed E-state index contributed by atoms with van der Waals surface area (Å²) in [5, 5.41) is 0.928. The summed E-state index contributed by atoms with van der Waals surface area (Å²) in [6.07, 6.45) is 8.26. The van der Waals surface area contributed by atoms with E-state index in [2.05, 4.69) is 9.71 Å². The number of methoxy groups -OCH3 is 1. The molecule has 2 aliphatic carbocycles. The van der Waals surface area contributed by atoms with E-state index in [1.54, 1.807) is 18.2 Å². The van der Waals surface area contributed by atoms with Gasteiger partial charge in [0.1, 0.15) is 11.9 Å². The van der Waals surface area contributed by atoms with Crippen LogP contribution in [0.5, 0.6) is 11.6 Å². The van der Waals surface area contributed by atoms with E-state index in [0.29, 0.717) is 53.6 Å². The Balaban J connectivity index is 1.19. The van der Waals surface area contributed by atoms with E-state index in [4.69, 9.17) is 21.1 Å². The molecule has 16 heteroatoms. The van der Waals surface area contributed by atoms with Crippen LogP contribution in [0.25, 0.3) is 10.8 Å². The minimum absolute atomic E-state index is 0.0394. The van der Waals surface area contributed by atoms with Gasteiger partial charge in [0.2, 0.25) is 33.6 Å². The lowest BCUT2D eigenvalue weighted by Gasteiger charge is -2.34. The third-order valence-corrected chi connectivity index (χ3v) is 14.0.